The number of aldehydes is 1. The molecule has 2 aromatic rings. The highest BCUT2D eigenvalue weighted by atomic mass is 16.1. The number of imidazole rings is 1. The molecule has 0 aliphatic heterocycles. The lowest BCUT2D eigenvalue weighted by Gasteiger charge is -2.05. The molecule has 0 aliphatic carbocycles. The average Bonchev–Trinajstić information content (AvgIpc) is 2.77. The first-order chi connectivity index (χ1) is 7.35. The summed E-state index contributed by atoms with van der Waals surface area (Å²) in [5.41, 5.74) is 1.73. The zero-order valence-corrected chi connectivity index (χ0v) is 8.55. The van der Waals surface area contributed by atoms with E-state index in [0.717, 1.165) is 24.2 Å². The number of hydrogen-bond donors (Lipinski definition) is 0. The van der Waals surface area contributed by atoms with Gasteiger partial charge in [-0.1, -0.05) is 6.92 Å². The molecule has 0 fully saturated rings. The Morgan fingerprint density at radius 1 is 1.33 bits per heavy atom. The smallest absolute Gasteiger partial charge is 0.150 e. The third-order valence-corrected chi connectivity index (χ3v) is 2.34. The number of benzene rings is 1. The molecule has 15 heavy (non-hydrogen) atoms. The van der Waals surface area contributed by atoms with Gasteiger partial charge in [-0.15, -0.1) is 0 Å². The number of nitrogens with zero attached hydrogens (tertiary/aromatic N) is 2. The van der Waals surface area contributed by atoms with Crippen molar-refractivity contribution in [3.05, 3.63) is 48.0 Å². The summed E-state index contributed by atoms with van der Waals surface area (Å²) in [5, 5.41) is 0. The van der Waals surface area contributed by atoms with Crippen molar-refractivity contribution in [2.45, 2.75) is 13.3 Å². The van der Waals surface area contributed by atoms with Crippen molar-refractivity contribution in [2.75, 3.05) is 0 Å². The molecule has 0 unspecified atom stereocenters. The third kappa shape index (κ3) is 1.81. The van der Waals surface area contributed by atoms with E-state index in [4.69, 9.17) is 0 Å². The normalized spacial score (nSPS) is 10.2. The molecular weight excluding hydrogens is 188 g/mol. The number of aromatic nitrogens is 2. The summed E-state index contributed by atoms with van der Waals surface area (Å²) in [5.74, 6) is 1.02. The second-order valence-corrected chi connectivity index (χ2v) is 3.28. The van der Waals surface area contributed by atoms with Crippen molar-refractivity contribution in [1.29, 1.82) is 0 Å². The van der Waals surface area contributed by atoms with Gasteiger partial charge in [0.1, 0.15) is 12.1 Å². The van der Waals surface area contributed by atoms with Crippen molar-refractivity contribution in [3.8, 4) is 5.69 Å². The van der Waals surface area contributed by atoms with E-state index in [2.05, 4.69) is 11.9 Å². The zero-order chi connectivity index (χ0) is 10.7. The highest BCUT2D eigenvalue weighted by Crippen LogP contribution is 2.11. The topological polar surface area (TPSA) is 34.9 Å². The van der Waals surface area contributed by atoms with Crippen LogP contribution in [-0.2, 0) is 6.42 Å². The van der Waals surface area contributed by atoms with Crippen LogP contribution in [0.15, 0.2) is 36.7 Å². The number of aryl methyl sites for hydroxylation is 1. The van der Waals surface area contributed by atoms with Crippen molar-refractivity contribution in [3.63, 3.8) is 0 Å². The summed E-state index contributed by atoms with van der Waals surface area (Å²) >= 11 is 0. The fourth-order valence-electron chi connectivity index (χ4n) is 1.54. The Hall–Kier alpha value is -1.90. The number of carbonyl (C=O) groups excluding carboxylic acids is 1. The monoisotopic (exact) mass is 200 g/mol. The van der Waals surface area contributed by atoms with E-state index in [9.17, 15) is 4.79 Å². The first-order valence-corrected chi connectivity index (χ1v) is 4.93. The van der Waals surface area contributed by atoms with Crippen LogP contribution in [0.25, 0.3) is 5.69 Å². The van der Waals surface area contributed by atoms with Gasteiger partial charge in [-0.3, -0.25) is 4.79 Å². The van der Waals surface area contributed by atoms with E-state index in [-0.39, 0.29) is 0 Å². The minimum Gasteiger partial charge on any atom is -0.304 e. The molecule has 0 amide bonds. The van der Waals surface area contributed by atoms with Gasteiger partial charge in [0.2, 0.25) is 0 Å². The first kappa shape index (κ1) is 9.65. The highest BCUT2D eigenvalue weighted by molar-refractivity contribution is 5.75. The van der Waals surface area contributed by atoms with Gasteiger partial charge in [-0.05, 0) is 24.3 Å². The zero-order valence-electron chi connectivity index (χ0n) is 8.55. The Morgan fingerprint density at radius 2 is 2.07 bits per heavy atom. The molecule has 3 nitrogen and oxygen atoms in total. The molecule has 1 heterocycles. The van der Waals surface area contributed by atoms with Gasteiger partial charge in [-0.25, -0.2) is 4.98 Å². The standard InChI is InChI=1S/C12H12N2O/c1-2-12-13-7-8-14(12)11-5-3-10(9-15)4-6-11/h3-9H,2H2,1H3. The van der Waals surface area contributed by atoms with Gasteiger partial charge in [0.05, 0.1) is 0 Å². The van der Waals surface area contributed by atoms with Crippen LogP contribution in [0.2, 0.25) is 0 Å². The highest BCUT2D eigenvalue weighted by Gasteiger charge is 2.01. The molecule has 1 aromatic carbocycles. The van der Waals surface area contributed by atoms with Crippen LogP contribution < -0.4 is 0 Å². The fraction of sp³-hybridized carbons (Fsp3) is 0.167. The molecule has 0 radical (unpaired) electrons. The molecule has 0 aliphatic rings. The molecule has 1 aromatic heterocycles. The molecule has 0 spiro atoms. The van der Waals surface area contributed by atoms with Gasteiger partial charge >= 0.3 is 0 Å². The van der Waals surface area contributed by atoms with Crippen LogP contribution in [0.3, 0.4) is 0 Å². The summed E-state index contributed by atoms with van der Waals surface area (Å²) in [7, 11) is 0. The average molecular weight is 200 g/mol. The van der Waals surface area contributed by atoms with Gasteiger partial charge in [-0.2, -0.15) is 0 Å². The third-order valence-electron chi connectivity index (χ3n) is 2.34. The predicted molar refractivity (Wildman–Crippen MR) is 58.3 cm³/mol. The Bertz CT molecular complexity index is 457. The van der Waals surface area contributed by atoms with Crippen molar-refractivity contribution in [2.24, 2.45) is 0 Å². The maximum Gasteiger partial charge on any atom is 0.150 e. The first-order valence-electron chi connectivity index (χ1n) is 4.93. The quantitative estimate of drug-likeness (QED) is 0.712. The van der Waals surface area contributed by atoms with E-state index < -0.39 is 0 Å². The Labute approximate surface area is 88.4 Å². The van der Waals surface area contributed by atoms with Gasteiger partial charge in [0.15, 0.2) is 0 Å². The fourth-order valence-corrected chi connectivity index (χ4v) is 1.54. The van der Waals surface area contributed by atoms with E-state index >= 15 is 0 Å². The molecule has 3 heteroatoms. The Kier molecular flexibility index (Phi) is 2.63. The molecule has 0 bridgehead atoms. The van der Waals surface area contributed by atoms with Gasteiger partial charge in [0, 0.05) is 30.1 Å². The number of hydrogen-bond acceptors (Lipinski definition) is 2. The molecule has 0 N–H and O–H groups in total. The largest absolute Gasteiger partial charge is 0.304 e. The van der Waals surface area contributed by atoms with Crippen molar-refractivity contribution in [1.82, 2.24) is 9.55 Å². The van der Waals surface area contributed by atoms with Crippen LogP contribution in [0.4, 0.5) is 0 Å². The maximum atomic E-state index is 10.5. The maximum absolute atomic E-state index is 10.5. The summed E-state index contributed by atoms with van der Waals surface area (Å²) in [6.45, 7) is 2.07. The minimum absolute atomic E-state index is 0.692. The Balaban J connectivity index is 2.41. The van der Waals surface area contributed by atoms with Crippen LogP contribution in [0, 0.1) is 0 Å². The second-order valence-electron chi connectivity index (χ2n) is 3.28. The van der Waals surface area contributed by atoms with E-state index in [0.29, 0.717) is 5.56 Å². The van der Waals surface area contributed by atoms with Crippen LogP contribution in [0.1, 0.15) is 23.1 Å². The second kappa shape index (κ2) is 4.09. The molecule has 0 saturated carbocycles. The lowest BCUT2D eigenvalue weighted by Crippen LogP contribution is -1.98. The Morgan fingerprint density at radius 3 is 2.67 bits per heavy atom. The molecule has 0 atom stereocenters. The summed E-state index contributed by atoms with van der Waals surface area (Å²) < 4.78 is 2.02. The van der Waals surface area contributed by atoms with Gasteiger partial charge < -0.3 is 4.57 Å². The van der Waals surface area contributed by atoms with E-state index in [1.54, 1.807) is 6.20 Å². The van der Waals surface area contributed by atoms with Crippen LogP contribution >= 0.6 is 0 Å². The molecule has 2 rings (SSSR count). The summed E-state index contributed by atoms with van der Waals surface area (Å²) in [6, 6.07) is 7.46. The number of carbonyl (C=O) groups is 1. The van der Waals surface area contributed by atoms with Gasteiger partial charge in [0.25, 0.3) is 0 Å². The van der Waals surface area contributed by atoms with E-state index in [1.807, 2.05) is 35.0 Å². The summed E-state index contributed by atoms with van der Waals surface area (Å²) in [4.78, 5) is 14.8. The van der Waals surface area contributed by atoms with Crippen molar-refractivity contribution < 1.29 is 4.79 Å². The number of rotatable bonds is 3. The van der Waals surface area contributed by atoms with E-state index in [1.165, 1.54) is 0 Å². The van der Waals surface area contributed by atoms with Crippen LogP contribution in [-0.4, -0.2) is 15.8 Å². The predicted octanol–water partition coefficient (Wildman–Crippen LogP) is 2.25. The van der Waals surface area contributed by atoms with Crippen molar-refractivity contribution >= 4 is 6.29 Å². The SMILES string of the molecule is CCc1nccn1-c1ccc(C=O)cc1. The molecular formula is C12H12N2O. The lowest BCUT2D eigenvalue weighted by molar-refractivity contribution is 0.112. The minimum atomic E-state index is 0.692. The summed E-state index contributed by atoms with van der Waals surface area (Å²) in [6.07, 6.45) is 5.45. The lowest BCUT2D eigenvalue weighted by atomic mass is 10.2. The molecule has 0 saturated heterocycles. The molecule has 76 valence electrons. The van der Waals surface area contributed by atoms with Crippen LogP contribution in [0.5, 0.6) is 0 Å².